The molecule has 1 saturated heterocycles. The first kappa shape index (κ1) is 14.7. The summed E-state index contributed by atoms with van der Waals surface area (Å²) in [4.78, 5) is 14.2. The Bertz CT molecular complexity index is 787. The van der Waals surface area contributed by atoms with Crippen LogP contribution in [0.4, 0.5) is 10.1 Å². The van der Waals surface area contributed by atoms with Gasteiger partial charge in [-0.05, 0) is 42.0 Å². The second-order valence-corrected chi connectivity index (χ2v) is 6.26. The van der Waals surface area contributed by atoms with Crippen LogP contribution in [0.15, 0.2) is 53.4 Å². The molecule has 0 radical (unpaired) electrons. The van der Waals surface area contributed by atoms with Crippen molar-refractivity contribution in [3.05, 3.63) is 64.8 Å². The number of hydrogen-bond acceptors (Lipinski definition) is 4. The molecule has 0 unspecified atom stereocenters. The minimum absolute atomic E-state index is 0.157. The van der Waals surface area contributed by atoms with Crippen LogP contribution in [0, 0.1) is 5.82 Å². The van der Waals surface area contributed by atoms with Crippen molar-refractivity contribution in [2.75, 3.05) is 4.90 Å². The van der Waals surface area contributed by atoms with E-state index in [1.165, 1.54) is 34.9 Å². The third-order valence-corrected chi connectivity index (χ3v) is 4.35. The van der Waals surface area contributed by atoms with Crippen molar-refractivity contribution >= 4 is 46.0 Å². The summed E-state index contributed by atoms with van der Waals surface area (Å²) in [6.45, 7) is 0. The Labute approximate surface area is 136 Å². The molecular weight excluding hydrogens is 321 g/mol. The molecule has 1 aliphatic heterocycles. The van der Waals surface area contributed by atoms with Gasteiger partial charge in [-0.25, -0.2) is 4.39 Å². The molecule has 110 valence electrons. The van der Waals surface area contributed by atoms with Crippen LogP contribution in [0.25, 0.3) is 6.08 Å². The molecule has 2 aromatic rings. The van der Waals surface area contributed by atoms with Gasteiger partial charge in [0.25, 0.3) is 5.91 Å². The quantitative estimate of drug-likeness (QED) is 0.668. The Balaban J connectivity index is 1.93. The van der Waals surface area contributed by atoms with E-state index in [1.54, 1.807) is 36.4 Å². The lowest BCUT2D eigenvalue weighted by Gasteiger charge is -2.14. The maximum Gasteiger partial charge on any atom is 0.270 e. The van der Waals surface area contributed by atoms with Crippen LogP contribution >= 0.6 is 24.0 Å². The normalized spacial score (nSPS) is 16.6. The number of hydrogen-bond donors (Lipinski definition) is 1. The lowest BCUT2D eigenvalue weighted by molar-refractivity contribution is -0.113. The van der Waals surface area contributed by atoms with Crippen LogP contribution in [-0.4, -0.2) is 15.3 Å². The Hall–Kier alpha value is -2.18. The standard InChI is InChI=1S/C16H10FNO2S2/c17-11-2-1-3-12(9-11)18-15(20)14(22-16(18)21)8-10-4-6-13(19)7-5-10/h1-9,19H/b14-8+. The van der Waals surface area contributed by atoms with Gasteiger partial charge in [-0.2, -0.15) is 0 Å². The number of amides is 1. The highest BCUT2D eigenvalue weighted by Crippen LogP contribution is 2.36. The Kier molecular flexibility index (Phi) is 3.96. The summed E-state index contributed by atoms with van der Waals surface area (Å²) < 4.78 is 13.7. The number of carbonyl (C=O) groups excluding carboxylic acids is 1. The van der Waals surface area contributed by atoms with Crippen molar-refractivity contribution < 1.29 is 14.3 Å². The molecule has 0 aliphatic carbocycles. The number of carbonyl (C=O) groups is 1. The summed E-state index contributed by atoms with van der Waals surface area (Å²) in [7, 11) is 0. The zero-order valence-corrected chi connectivity index (χ0v) is 12.8. The smallest absolute Gasteiger partial charge is 0.270 e. The molecule has 0 spiro atoms. The van der Waals surface area contributed by atoms with E-state index in [1.807, 2.05) is 0 Å². The molecule has 1 N–H and O–H groups in total. The summed E-state index contributed by atoms with van der Waals surface area (Å²) in [6.07, 6.45) is 1.69. The average molecular weight is 331 g/mol. The van der Waals surface area contributed by atoms with E-state index in [2.05, 4.69) is 0 Å². The number of phenolic OH excluding ortho intramolecular Hbond substituents is 1. The van der Waals surface area contributed by atoms with Crippen molar-refractivity contribution in [3.8, 4) is 5.75 Å². The Morgan fingerprint density at radius 2 is 1.91 bits per heavy atom. The summed E-state index contributed by atoms with van der Waals surface area (Å²) >= 11 is 6.39. The maximum absolute atomic E-state index is 13.3. The molecule has 0 atom stereocenters. The number of aromatic hydroxyl groups is 1. The maximum atomic E-state index is 13.3. The average Bonchev–Trinajstić information content (AvgIpc) is 2.76. The van der Waals surface area contributed by atoms with E-state index in [0.29, 0.717) is 14.9 Å². The first-order chi connectivity index (χ1) is 10.5. The number of rotatable bonds is 2. The molecule has 1 fully saturated rings. The predicted octanol–water partition coefficient (Wildman–Crippen LogP) is 3.94. The zero-order chi connectivity index (χ0) is 15.7. The largest absolute Gasteiger partial charge is 0.508 e. The molecule has 3 nitrogen and oxygen atoms in total. The van der Waals surface area contributed by atoms with Crippen molar-refractivity contribution in [1.29, 1.82) is 0 Å². The SMILES string of the molecule is O=C1/C(=C\c2ccc(O)cc2)SC(=S)N1c1cccc(F)c1. The van der Waals surface area contributed by atoms with Crippen LogP contribution in [-0.2, 0) is 4.79 Å². The highest BCUT2D eigenvalue weighted by Gasteiger charge is 2.33. The van der Waals surface area contributed by atoms with E-state index >= 15 is 0 Å². The molecule has 0 bridgehead atoms. The topological polar surface area (TPSA) is 40.5 Å². The van der Waals surface area contributed by atoms with Gasteiger partial charge in [0.2, 0.25) is 0 Å². The highest BCUT2D eigenvalue weighted by molar-refractivity contribution is 8.27. The lowest BCUT2D eigenvalue weighted by Crippen LogP contribution is -2.27. The number of nitrogens with zero attached hydrogens (tertiary/aromatic N) is 1. The van der Waals surface area contributed by atoms with Crippen molar-refractivity contribution in [2.45, 2.75) is 0 Å². The van der Waals surface area contributed by atoms with Crippen molar-refractivity contribution in [1.82, 2.24) is 0 Å². The van der Waals surface area contributed by atoms with E-state index in [-0.39, 0.29) is 11.7 Å². The van der Waals surface area contributed by atoms with Gasteiger partial charge >= 0.3 is 0 Å². The third-order valence-electron chi connectivity index (χ3n) is 3.05. The zero-order valence-electron chi connectivity index (χ0n) is 11.2. The Morgan fingerprint density at radius 1 is 1.18 bits per heavy atom. The van der Waals surface area contributed by atoms with Crippen LogP contribution in [0.3, 0.4) is 0 Å². The molecule has 1 aliphatic rings. The minimum Gasteiger partial charge on any atom is -0.508 e. The molecule has 1 heterocycles. The number of thioether (sulfide) groups is 1. The van der Waals surface area contributed by atoms with Crippen LogP contribution in [0.2, 0.25) is 0 Å². The monoisotopic (exact) mass is 331 g/mol. The highest BCUT2D eigenvalue weighted by atomic mass is 32.2. The number of anilines is 1. The number of halogens is 1. The molecule has 1 amide bonds. The van der Waals surface area contributed by atoms with E-state index in [0.717, 1.165) is 5.56 Å². The van der Waals surface area contributed by atoms with Gasteiger partial charge in [-0.3, -0.25) is 9.69 Å². The van der Waals surface area contributed by atoms with E-state index in [4.69, 9.17) is 12.2 Å². The molecule has 2 aromatic carbocycles. The fourth-order valence-corrected chi connectivity index (χ4v) is 3.33. The second kappa shape index (κ2) is 5.90. The molecule has 3 rings (SSSR count). The molecule has 6 heteroatoms. The third kappa shape index (κ3) is 2.88. The minimum atomic E-state index is -0.422. The summed E-state index contributed by atoms with van der Waals surface area (Å²) in [5.41, 5.74) is 1.19. The first-order valence-electron chi connectivity index (χ1n) is 6.37. The number of phenols is 1. The molecule has 0 saturated carbocycles. The number of benzene rings is 2. The lowest BCUT2D eigenvalue weighted by atomic mass is 10.2. The first-order valence-corrected chi connectivity index (χ1v) is 7.59. The summed E-state index contributed by atoms with van der Waals surface area (Å²) in [6, 6.07) is 12.2. The summed E-state index contributed by atoms with van der Waals surface area (Å²) in [5.74, 6) is -0.549. The Morgan fingerprint density at radius 3 is 2.59 bits per heavy atom. The van der Waals surface area contributed by atoms with Crippen LogP contribution < -0.4 is 4.90 Å². The van der Waals surface area contributed by atoms with Gasteiger partial charge in [-0.15, -0.1) is 0 Å². The van der Waals surface area contributed by atoms with Gasteiger partial charge in [0.05, 0.1) is 10.6 Å². The van der Waals surface area contributed by atoms with Crippen molar-refractivity contribution in [2.24, 2.45) is 0 Å². The molecule has 0 aromatic heterocycles. The van der Waals surface area contributed by atoms with Gasteiger partial charge in [0.1, 0.15) is 11.6 Å². The van der Waals surface area contributed by atoms with Crippen LogP contribution in [0.1, 0.15) is 5.56 Å². The fraction of sp³-hybridized carbons (Fsp3) is 0. The molecular formula is C16H10FNO2S2. The fourth-order valence-electron chi connectivity index (χ4n) is 2.03. The van der Waals surface area contributed by atoms with E-state index in [9.17, 15) is 14.3 Å². The van der Waals surface area contributed by atoms with Gasteiger partial charge in [0, 0.05) is 0 Å². The van der Waals surface area contributed by atoms with Crippen LogP contribution in [0.5, 0.6) is 5.75 Å². The van der Waals surface area contributed by atoms with Crippen molar-refractivity contribution in [3.63, 3.8) is 0 Å². The van der Waals surface area contributed by atoms with Gasteiger partial charge in [-0.1, -0.05) is 42.2 Å². The second-order valence-electron chi connectivity index (χ2n) is 4.59. The molecule has 22 heavy (non-hydrogen) atoms. The van der Waals surface area contributed by atoms with E-state index < -0.39 is 5.82 Å². The van der Waals surface area contributed by atoms with Gasteiger partial charge < -0.3 is 5.11 Å². The summed E-state index contributed by atoms with van der Waals surface area (Å²) in [5, 5.41) is 9.27. The predicted molar refractivity (Wildman–Crippen MR) is 90.2 cm³/mol. The van der Waals surface area contributed by atoms with Gasteiger partial charge in [0.15, 0.2) is 4.32 Å². The number of thiocarbonyl (C=S) groups is 1.